The fourth-order valence-corrected chi connectivity index (χ4v) is 3.64. The number of carbonyl (C=O) groups is 2. The van der Waals surface area contributed by atoms with Gasteiger partial charge in [-0.15, -0.1) is 0 Å². The molecular formula is C22H17ClF7NO3. The highest BCUT2D eigenvalue weighted by molar-refractivity contribution is 6.33. The molecule has 0 aromatic heterocycles. The van der Waals surface area contributed by atoms with E-state index in [1.807, 2.05) is 0 Å². The van der Waals surface area contributed by atoms with Crippen molar-refractivity contribution < 1.29 is 45.1 Å². The Morgan fingerprint density at radius 1 is 0.941 bits per heavy atom. The van der Waals surface area contributed by atoms with E-state index in [1.54, 1.807) is 0 Å². The molecule has 0 bridgehead atoms. The Morgan fingerprint density at radius 2 is 1.44 bits per heavy atom. The number of benzene rings is 2. The maximum Gasteiger partial charge on any atom is 0.435 e. The molecule has 0 atom stereocenters. The molecule has 1 N–H and O–H groups in total. The largest absolute Gasteiger partial charge is 0.465 e. The van der Waals surface area contributed by atoms with Crippen LogP contribution in [0, 0.1) is 19.3 Å². The van der Waals surface area contributed by atoms with Crippen molar-refractivity contribution in [2.24, 2.45) is 0 Å². The molecule has 4 nitrogen and oxygen atoms in total. The number of hydrogen-bond acceptors (Lipinski definition) is 4. The second-order valence-electron chi connectivity index (χ2n) is 7.40. The van der Waals surface area contributed by atoms with Crippen LogP contribution in [-0.2, 0) is 10.4 Å². The lowest BCUT2D eigenvalue weighted by Crippen LogP contribution is -2.50. The number of ketones is 1. The summed E-state index contributed by atoms with van der Waals surface area (Å²) in [6.45, 7) is 2.21. The monoisotopic (exact) mass is 511 g/mol. The summed E-state index contributed by atoms with van der Waals surface area (Å²) in [6, 6.07) is 4.39. The normalized spacial score (nSPS) is 12.4. The lowest BCUT2D eigenvalue weighted by molar-refractivity contribution is -0.348. The molecule has 0 spiro atoms. The Hall–Kier alpha value is -2.95. The van der Waals surface area contributed by atoms with E-state index in [0.717, 1.165) is 27.0 Å². The van der Waals surface area contributed by atoms with E-state index in [2.05, 4.69) is 4.74 Å². The number of aryl methyl sites for hydroxylation is 2. The van der Waals surface area contributed by atoms with E-state index >= 15 is 0 Å². The van der Waals surface area contributed by atoms with Crippen LogP contribution in [0.3, 0.4) is 0 Å². The van der Waals surface area contributed by atoms with Gasteiger partial charge in [-0.05, 0) is 43.2 Å². The summed E-state index contributed by atoms with van der Waals surface area (Å²) in [5.41, 5.74) is -8.47. The molecule has 0 aliphatic carbocycles. The van der Waals surface area contributed by atoms with E-state index in [9.17, 15) is 40.3 Å². The maximum atomic E-state index is 14.4. The molecule has 0 saturated heterocycles. The molecule has 0 aliphatic rings. The molecular weight excluding hydrogens is 495 g/mol. The van der Waals surface area contributed by atoms with Gasteiger partial charge in [0.1, 0.15) is 0 Å². The summed E-state index contributed by atoms with van der Waals surface area (Å²) in [7, 11) is 1.10. The Labute approximate surface area is 194 Å². The Kier molecular flexibility index (Phi) is 7.51. The van der Waals surface area contributed by atoms with Gasteiger partial charge in [0.15, 0.2) is 5.78 Å². The van der Waals surface area contributed by atoms with Crippen molar-refractivity contribution in [3.63, 3.8) is 0 Å². The summed E-state index contributed by atoms with van der Waals surface area (Å²) in [5.74, 6) is -1.50. The van der Waals surface area contributed by atoms with Gasteiger partial charge in [0.25, 0.3) is 0 Å². The fourth-order valence-electron chi connectivity index (χ4n) is 3.44. The number of Topliss-reactive ketones (excluding diaryl/α,β-unsaturated/α-hetero) is 1. The first-order valence-electron chi connectivity index (χ1n) is 9.38. The maximum absolute atomic E-state index is 14.4. The Morgan fingerprint density at radius 3 is 1.88 bits per heavy atom. The van der Waals surface area contributed by atoms with Crippen molar-refractivity contribution in [2.45, 2.75) is 38.3 Å². The lowest BCUT2D eigenvalue weighted by Gasteiger charge is -2.31. The number of nitrogens with one attached hydrogen (secondary N) is 1. The third-order valence-electron chi connectivity index (χ3n) is 5.04. The zero-order valence-corrected chi connectivity index (χ0v) is 18.6. The first-order chi connectivity index (χ1) is 15.5. The van der Waals surface area contributed by atoms with Gasteiger partial charge < -0.3 is 10.1 Å². The number of hydrogen-bond donors (Lipinski definition) is 1. The topological polar surface area (TPSA) is 67.2 Å². The summed E-state index contributed by atoms with van der Waals surface area (Å²) in [5, 5.41) is 8.21. The van der Waals surface area contributed by atoms with E-state index in [-0.39, 0.29) is 32.8 Å². The van der Waals surface area contributed by atoms with Crippen LogP contribution >= 0.6 is 11.6 Å². The highest BCUT2D eigenvalue weighted by Crippen LogP contribution is 2.53. The van der Waals surface area contributed by atoms with Crippen LogP contribution in [0.1, 0.15) is 49.4 Å². The number of methoxy groups -OCH3 is 1. The third-order valence-corrected chi connectivity index (χ3v) is 5.37. The smallest absolute Gasteiger partial charge is 0.435 e. The number of carbonyl (C=O) groups excluding carboxylic acids is 2. The molecule has 2 aromatic rings. The lowest BCUT2D eigenvalue weighted by atomic mass is 9.86. The van der Waals surface area contributed by atoms with Crippen LogP contribution in [0.5, 0.6) is 0 Å². The first kappa shape index (κ1) is 27.3. The molecule has 34 heavy (non-hydrogen) atoms. The van der Waals surface area contributed by atoms with E-state index in [1.165, 1.54) is 12.1 Å². The Bertz CT molecular complexity index is 1120. The summed E-state index contributed by atoms with van der Waals surface area (Å²) in [6.07, 6.45) is -13.2. The molecule has 0 heterocycles. The summed E-state index contributed by atoms with van der Waals surface area (Å²) < 4.78 is 97.5. The minimum Gasteiger partial charge on any atom is -0.465 e. The number of ether oxygens (including phenoxy) is 1. The van der Waals surface area contributed by atoms with Gasteiger partial charge in [0, 0.05) is 22.4 Å². The SMILES string of the molecule is COC(=O)c1cc(C(=O)CC(=N)c2c(C)cc(C(F)(C(F)(F)F)C(F)(F)F)cc2C)ccc1Cl. The molecule has 0 saturated carbocycles. The average Bonchev–Trinajstić information content (AvgIpc) is 2.70. The molecule has 2 rings (SSSR count). The number of alkyl halides is 7. The van der Waals surface area contributed by atoms with E-state index in [0.29, 0.717) is 12.1 Å². The first-order valence-corrected chi connectivity index (χ1v) is 9.76. The zero-order chi connectivity index (χ0) is 26.2. The molecule has 184 valence electrons. The van der Waals surface area contributed by atoms with Crippen LogP contribution in [0.15, 0.2) is 30.3 Å². The standard InChI is InChI=1S/C22H17ClF7NO3/c1-10-6-13(20(24,21(25,26)27)22(28,29)30)7-11(2)18(10)16(31)9-17(32)12-4-5-15(23)14(8-12)19(33)34-3/h4-8,31H,9H2,1-3H3. The molecule has 0 aliphatic heterocycles. The van der Waals surface area contributed by atoms with Crippen molar-refractivity contribution >= 4 is 29.1 Å². The third kappa shape index (κ3) is 4.94. The minimum atomic E-state index is -6.28. The van der Waals surface area contributed by atoms with Gasteiger partial charge in [-0.3, -0.25) is 4.79 Å². The molecule has 12 heteroatoms. The van der Waals surface area contributed by atoms with Crippen LogP contribution in [0.4, 0.5) is 30.7 Å². The second kappa shape index (κ2) is 9.36. The van der Waals surface area contributed by atoms with Gasteiger partial charge in [0.05, 0.1) is 24.1 Å². The number of rotatable bonds is 6. The van der Waals surface area contributed by atoms with Gasteiger partial charge in [-0.1, -0.05) is 23.7 Å². The van der Waals surface area contributed by atoms with E-state index < -0.39 is 47.5 Å². The molecule has 0 radical (unpaired) electrons. The van der Waals surface area contributed by atoms with Crippen molar-refractivity contribution in [1.82, 2.24) is 0 Å². The zero-order valence-electron chi connectivity index (χ0n) is 17.8. The molecule has 2 aromatic carbocycles. The summed E-state index contributed by atoms with van der Waals surface area (Å²) >= 11 is 5.89. The predicted molar refractivity (Wildman–Crippen MR) is 109 cm³/mol. The fraction of sp³-hybridized carbons (Fsp3) is 0.318. The van der Waals surface area contributed by atoms with Gasteiger partial charge in [-0.2, -0.15) is 26.3 Å². The highest BCUT2D eigenvalue weighted by Gasteiger charge is 2.73. The molecule has 0 amide bonds. The quantitative estimate of drug-likeness (QED) is 0.204. The average molecular weight is 512 g/mol. The molecule has 0 fully saturated rings. The van der Waals surface area contributed by atoms with Crippen molar-refractivity contribution in [2.75, 3.05) is 7.11 Å². The van der Waals surface area contributed by atoms with Crippen LogP contribution in [0.2, 0.25) is 5.02 Å². The van der Waals surface area contributed by atoms with Gasteiger partial charge >= 0.3 is 24.0 Å². The summed E-state index contributed by atoms with van der Waals surface area (Å²) in [4.78, 5) is 24.4. The van der Waals surface area contributed by atoms with Crippen LogP contribution in [0.25, 0.3) is 0 Å². The molecule has 0 unspecified atom stereocenters. The van der Waals surface area contributed by atoms with Crippen molar-refractivity contribution in [3.8, 4) is 0 Å². The number of esters is 1. The van der Waals surface area contributed by atoms with Crippen LogP contribution in [-0.4, -0.2) is 36.9 Å². The predicted octanol–water partition coefficient (Wildman–Crippen LogP) is 6.67. The highest BCUT2D eigenvalue weighted by atomic mass is 35.5. The van der Waals surface area contributed by atoms with E-state index in [4.69, 9.17) is 17.0 Å². The second-order valence-corrected chi connectivity index (χ2v) is 7.81. The Balaban J connectivity index is 2.44. The minimum absolute atomic E-state index is 0.00443. The van der Waals surface area contributed by atoms with Crippen LogP contribution < -0.4 is 0 Å². The van der Waals surface area contributed by atoms with Gasteiger partial charge in [0.2, 0.25) is 0 Å². The van der Waals surface area contributed by atoms with Crippen molar-refractivity contribution in [3.05, 3.63) is 68.7 Å². The number of halogens is 8. The van der Waals surface area contributed by atoms with Crippen molar-refractivity contribution in [1.29, 1.82) is 5.41 Å². The van der Waals surface area contributed by atoms with Gasteiger partial charge in [-0.25, -0.2) is 9.18 Å².